The van der Waals surface area contributed by atoms with Crippen molar-refractivity contribution in [2.45, 2.75) is 6.04 Å². The van der Waals surface area contributed by atoms with E-state index >= 15 is 0 Å². The van der Waals surface area contributed by atoms with Crippen molar-refractivity contribution in [3.63, 3.8) is 0 Å². The zero-order chi connectivity index (χ0) is 21.8. The summed E-state index contributed by atoms with van der Waals surface area (Å²) in [6, 6.07) is 20.9. The lowest BCUT2D eigenvalue weighted by molar-refractivity contribution is 0.0942. The number of ether oxygens (including phenoxy) is 2. The van der Waals surface area contributed by atoms with Crippen LogP contribution in [0.4, 0.5) is 0 Å². The van der Waals surface area contributed by atoms with Crippen LogP contribution in [0.1, 0.15) is 27.5 Å². The van der Waals surface area contributed by atoms with E-state index in [0.29, 0.717) is 33.7 Å². The predicted octanol–water partition coefficient (Wildman–Crippen LogP) is 4.48. The highest BCUT2D eigenvalue weighted by atomic mass is 16.5. The molecule has 0 bridgehead atoms. The molecule has 31 heavy (non-hydrogen) atoms. The Bertz CT molecular complexity index is 1220. The summed E-state index contributed by atoms with van der Waals surface area (Å²) in [6.45, 7) is 0. The fraction of sp³-hybridized carbons (Fsp3) is 0.120. The Hall–Kier alpha value is -4.06. The van der Waals surface area contributed by atoms with Crippen molar-refractivity contribution in [2.24, 2.45) is 0 Å². The fourth-order valence-corrected chi connectivity index (χ4v) is 3.56. The Balaban J connectivity index is 1.86. The van der Waals surface area contributed by atoms with Gasteiger partial charge in [-0.05, 0) is 30.3 Å². The summed E-state index contributed by atoms with van der Waals surface area (Å²) in [5, 5.41) is 14.9. The van der Waals surface area contributed by atoms with Crippen molar-refractivity contribution in [3.05, 3.63) is 95.7 Å². The second-order valence-corrected chi connectivity index (χ2v) is 6.96. The van der Waals surface area contributed by atoms with E-state index in [2.05, 4.69) is 10.3 Å². The highest BCUT2D eigenvalue weighted by molar-refractivity contribution is 5.95. The third-order valence-corrected chi connectivity index (χ3v) is 5.15. The van der Waals surface area contributed by atoms with Crippen molar-refractivity contribution in [1.82, 2.24) is 10.3 Å². The van der Waals surface area contributed by atoms with Gasteiger partial charge in [-0.2, -0.15) is 0 Å². The average Bonchev–Trinajstić information content (AvgIpc) is 2.83. The average molecular weight is 414 g/mol. The number of aromatic hydroxyl groups is 1. The van der Waals surface area contributed by atoms with E-state index in [1.54, 1.807) is 62.9 Å². The Morgan fingerprint density at radius 2 is 1.71 bits per heavy atom. The van der Waals surface area contributed by atoms with Crippen LogP contribution in [0, 0.1) is 0 Å². The summed E-state index contributed by atoms with van der Waals surface area (Å²) >= 11 is 0. The summed E-state index contributed by atoms with van der Waals surface area (Å²) in [4.78, 5) is 17.3. The minimum atomic E-state index is -0.681. The molecule has 1 aromatic heterocycles. The number of phenolic OH excluding ortho intramolecular Hbond substituents is 1. The second kappa shape index (κ2) is 8.75. The molecule has 4 rings (SSSR count). The number of carbonyl (C=O) groups is 1. The summed E-state index contributed by atoms with van der Waals surface area (Å²) in [6.07, 6.45) is 1.62. The first-order valence-electron chi connectivity index (χ1n) is 9.77. The van der Waals surface area contributed by atoms with Gasteiger partial charge in [0, 0.05) is 34.3 Å². The molecule has 1 heterocycles. The minimum absolute atomic E-state index is 0.00864. The first kappa shape index (κ1) is 20.2. The molecule has 1 unspecified atom stereocenters. The predicted molar refractivity (Wildman–Crippen MR) is 119 cm³/mol. The molecule has 3 aromatic carbocycles. The normalized spacial score (nSPS) is 11.7. The number of nitrogens with zero attached hydrogens (tertiary/aromatic N) is 1. The molecule has 0 aliphatic rings. The van der Waals surface area contributed by atoms with E-state index in [-0.39, 0.29) is 11.7 Å². The van der Waals surface area contributed by atoms with Crippen LogP contribution in [0.3, 0.4) is 0 Å². The van der Waals surface area contributed by atoms with Crippen LogP contribution in [0.2, 0.25) is 0 Å². The van der Waals surface area contributed by atoms with Crippen LogP contribution >= 0.6 is 0 Å². The molecule has 4 aromatic rings. The Kier molecular flexibility index (Phi) is 5.71. The summed E-state index contributed by atoms with van der Waals surface area (Å²) in [5.74, 6) is 0.884. The summed E-state index contributed by atoms with van der Waals surface area (Å²) < 4.78 is 10.9. The largest absolute Gasteiger partial charge is 0.505 e. The molecule has 156 valence electrons. The molecule has 0 aliphatic heterocycles. The van der Waals surface area contributed by atoms with Crippen molar-refractivity contribution in [3.8, 4) is 17.2 Å². The molecule has 2 N–H and O–H groups in total. The van der Waals surface area contributed by atoms with Crippen LogP contribution in [0.25, 0.3) is 10.9 Å². The highest BCUT2D eigenvalue weighted by Gasteiger charge is 2.25. The molecule has 0 spiro atoms. The number of nitrogens with one attached hydrogen (secondary N) is 1. The fourth-order valence-electron chi connectivity index (χ4n) is 3.56. The van der Waals surface area contributed by atoms with Gasteiger partial charge in [0.1, 0.15) is 22.8 Å². The number of carbonyl (C=O) groups excluding carboxylic acids is 1. The van der Waals surface area contributed by atoms with E-state index in [1.165, 1.54) is 0 Å². The summed E-state index contributed by atoms with van der Waals surface area (Å²) in [7, 11) is 3.13. The number of amides is 1. The Labute approximate surface area is 180 Å². The number of aromatic nitrogens is 1. The van der Waals surface area contributed by atoms with E-state index in [9.17, 15) is 9.90 Å². The molecular formula is C25H22N2O4. The topological polar surface area (TPSA) is 80.7 Å². The molecule has 0 aliphatic carbocycles. The van der Waals surface area contributed by atoms with E-state index in [4.69, 9.17) is 9.47 Å². The number of pyridine rings is 1. The van der Waals surface area contributed by atoms with Crippen LogP contribution < -0.4 is 14.8 Å². The maximum absolute atomic E-state index is 13.0. The van der Waals surface area contributed by atoms with Crippen molar-refractivity contribution >= 4 is 16.8 Å². The van der Waals surface area contributed by atoms with E-state index in [1.807, 2.05) is 30.3 Å². The number of hydrogen-bond acceptors (Lipinski definition) is 5. The Morgan fingerprint density at radius 3 is 2.45 bits per heavy atom. The molecule has 1 amide bonds. The van der Waals surface area contributed by atoms with Crippen LogP contribution in [-0.2, 0) is 0 Å². The monoisotopic (exact) mass is 414 g/mol. The molecule has 0 radical (unpaired) electrons. The SMILES string of the molecule is COc1ccc(C(NC(=O)c2ccccc2)c2ccc3cccnc3c2O)c(OC)c1. The first-order chi connectivity index (χ1) is 15.1. The van der Waals surface area contributed by atoms with Crippen molar-refractivity contribution < 1.29 is 19.4 Å². The zero-order valence-corrected chi connectivity index (χ0v) is 17.2. The number of phenols is 1. The lowest BCUT2D eigenvalue weighted by Gasteiger charge is -2.23. The van der Waals surface area contributed by atoms with Gasteiger partial charge in [-0.1, -0.05) is 36.4 Å². The maximum atomic E-state index is 13.0. The lowest BCUT2D eigenvalue weighted by atomic mass is 9.95. The molecule has 1 atom stereocenters. The van der Waals surface area contributed by atoms with Crippen LogP contribution in [0.15, 0.2) is 79.0 Å². The molecule has 0 fully saturated rings. The third kappa shape index (κ3) is 4.00. The number of hydrogen-bond donors (Lipinski definition) is 2. The van der Waals surface area contributed by atoms with Crippen LogP contribution in [0.5, 0.6) is 17.2 Å². The van der Waals surface area contributed by atoms with Crippen molar-refractivity contribution in [2.75, 3.05) is 14.2 Å². The molecule has 6 heteroatoms. The number of rotatable bonds is 6. The minimum Gasteiger partial charge on any atom is -0.505 e. The molecule has 0 saturated carbocycles. The standard InChI is InChI=1S/C25H22N2O4/c1-30-18-11-13-19(21(15-18)31-2)23(27-25(29)17-7-4-3-5-8-17)20-12-10-16-9-6-14-26-22(16)24(20)28/h3-15,23,28H,1-2H3,(H,27,29). The number of fused-ring (bicyclic) bond motifs is 1. The van der Waals surface area contributed by atoms with Gasteiger partial charge in [0.15, 0.2) is 0 Å². The number of benzene rings is 3. The van der Waals surface area contributed by atoms with Crippen molar-refractivity contribution in [1.29, 1.82) is 0 Å². The highest BCUT2D eigenvalue weighted by Crippen LogP contribution is 2.39. The second-order valence-electron chi connectivity index (χ2n) is 6.96. The first-order valence-corrected chi connectivity index (χ1v) is 9.77. The number of methoxy groups -OCH3 is 2. The van der Waals surface area contributed by atoms with Gasteiger partial charge in [-0.25, -0.2) is 0 Å². The Morgan fingerprint density at radius 1 is 0.935 bits per heavy atom. The van der Waals surface area contributed by atoms with Gasteiger partial charge in [-0.3, -0.25) is 9.78 Å². The lowest BCUT2D eigenvalue weighted by Crippen LogP contribution is -2.29. The third-order valence-electron chi connectivity index (χ3n) is 5.15. The van der Waals surface area contributed by atoms with E-state index in [0.717, 1.165) is 5.39 Å². The quantitative estimate of drug-likeness (QED) is 0.486. The van der Waals surface area contributed by atoms with Gasteiger partial charge >= 0.3 is 0 Å². The maximum Gasteiger partial charge on any atom is 0.252 e. The molecule has 6 nitrogen and oxygen atoms in total. The van der Waals surface area contributed by atoms with Gasteiger partial charge in [0.05, 0.1) is 20.3 Å². The molecular weight excluding hydrogens is 392 g/mol. The van der Waals surface area contributed by atoms with Gasteiger partial charge in [0.25, 0.3) is 5.91 Å². The summed E-state index contributed by atoms with van der Waals surface area (Å²) in [5.41, 5.74) is 2.17. The van der Waals surface area contributed by atoms with Gasteiger partial charge in [-0.15, -0.1) is 0 Å². The molecule has 0 saturated heterocycles. The zero-order valence-electron chi connectivity index (χ0n) is 17.2. The smallest absolute Gasteiger partial charge is 0.252 e. The van der Waals surface area contributed by atoms with Crippen LogP contribution in [-0.4, -0.2) is 30.2 Å². The van der Waals surface area contributed by atoms with Gasteiger partial charge in [0.2, 0.25) is 0 Å². The van der Waals surface area contributed by atoms with E-state index < -0.39 is 6.04 Å². The van der Waals surface area contributed by atoms with Gasteiger partial charge < -0.3 is 19.9 Å².